The van der Waals surface area contributed by atoms with E-state index in [1.54, 1.807) is 6.92 Å². The Morgan fingerprint density at radius 2 is 2.06 bits per heavy atom. The molecule has 0 saturated heterocycles. The molecule has 7 nitrogen and oxygen atoms in total. The minimum atomic E-state index is -0.554. The summed E-state index contributed by atoms with van der Waals surface area (Å²) in [6.07, 6.45) is 4.25. The Labute approximate surface area is 110 Å². The molecule has 0 N–H and O–H groups in total. The fourth-order valence-electron chi connectivity index (χ4n) is 1.20. The molecule has 0 aliphatic carbocycles. The summed E-state index contributed by atoms with van der Waals surface area (Å²) in [6, 6.07) is 1.38. The molecule has 0 aliphatic heterocycles. The maximum atomic E-state index is 10.9. The van der Waals surface area contributed by atoms with E-state index in [-0.39, 0.29) is 17.4 Å². The summed E-state index contributed by atoms with van der Waals surface area (Å²) in [6.45, 7) is 1.71. The van der Waals surface area contributed by atoms with Crippen LogP contribution in [0.25, 0.3) is 0 Å². The van der Waals surface area contributed by atoms with Gasteiger partial charge in [-0.2, -0.15) is 0 Å². The third-order valence-electron chi connectivity index (χ3n) is 1.96. The second kappa shape index (κ2) is 5.05. The first-order valence-electron chi connectivity index (χ1n) is 4.82. The summed E-state index contributed by atoms with van der Waals surface area (Å²) >= 11 is 3.13. The van der Waals surface area contributed by atoms with Crippen molar-refractivity contribution in [3.63, 3.8) is 0 Å². The van der Waals surface area contributed by atoms with Gasteiger partial charge in [0.1, 0.15) is 4.60 Å². The number of aromatic nitrogens is 3. The van der Waals surface area contributed by atoms with Crippen LogP contribution in [0, 0.1) is 17.0 Å². The van der Waals surface area contributed by atoms with Gasteiger partial charge in [0.15, 0.2) is 0 Å². The van der Waals surface area contributed by atoms with Gasteiger partial charge < -0.3 is 4.74 Å². The number of ether oxygens (including phenoxy) is 1. The second-order valence-electron chi connectivity index (χ2n) is 3.37. The number of halogens is 1. The Hall–Kier alpha value is -2.09. The molecule has 2 heterocycles. The van der Waals surface area contributed by atoms with E-state index in [0.29, 0.717) is 10.2 Å². The van der Waals surface area contributed by atoms with E-state index in [2.05, 4.69) is 30.9 Å². The second-order valence-corrected chi connectivity index (χ2v) is 4.19. The van der Waals surface area contributed by atoms with Crippen LogP contribution in [0.5, 0.6) is 11.8 Å². The average molecular weight is 311 g/mol. The van der Waals surface area contributed by atoms with Crippen molar-refractivity contribution < 1.29 is 9.66 Å². The molecule has 18 heavy (non-hydrogen) atoms. The Balaban J connectivity index is 2.34. The smallest absolute Gasteiger partial charge is 0.331 e. The van der Waals surface area contributed by atoms with Crippen molar-refractivity contribution in [1.29, 1.82) is 0 Å². The van der Waals surface area contributed by atoms with Gasteiger partial charge in [-0.1, -0.05) is 0 Å². The largest absolute Gasteiger partial charge is 0.413 e. The van der Waals surface area contributed by atoms with Crippen LogP contribution in [0.3, 0.4) is 0 Å². The first-order chi connectivity index (χ1) is 8.56. The molecule has 0 unspecified atom stereocenters. The van der Waals surface area contributed by atoms with Crippen LogP contribution >= 0.6 is 15.9 Å². The maximum absolute atomic E-state index is 10.9. The van der Waals surface area contributed by atoms with Crippen LogP contribution in [-0.2, 0) is 0 Å². The normalized spacial score (nSPS) is 10.1. The highest BCUT2D eigenvalue weighted by atomic mass is 79.9. The first-order valence-corrected chi connectivity index (χ1v) is 5.62. The highest BCUT2D eigenvalue weighted by molar-refractivity contribution is 9.10. The predicted octanol–water partition coefficient (Wildman–Crippen LogP) is 2.64. The number of hydrogen-bond donors (Lipinski definition) is 0. The molecular weight excluding hydrogens is 304 g/mol. The highest BCUT2D eigenvalue weighted by Crippen LogP contribution is 2.28. The lowest BCUT2D eigenvalue weighted by atomic mass is 10.3. The zero-order chi connectivity index (χ0) is 13.1. The zero-order valence-corrected chi connectivity index (χ0v) is 10.8. The maximum Gasteiger partial charge on any atom is 0.331 e. The quantitative estimate of drug-likeness (QED) is 0.639. The lowest BCUT2D eigenvalue weighted by molar-refractivity contribution is -0.386. The summed E-state index contributed by atoms with van der Waals surface area (Å²) in [5, 5.41) is 10.9. The van der Waals surface area contributed by atoms with Gasteiger partial charge in [-0.3, -0.25) is 10.1 Å². The third-order valence-corrected chi connectivity index (χ3v) is 2.37. The van der Waals surface area contributed by atoms with E-state index in [4.69, 9.17) is 4.74 Å². The van der Waals surface area contributed by atoms with E-state index in [1.165, 1.54) is 24.7 Å². The molecule has 92 valence electrons. The van der Waals surface area contributed by atoms with Crippen LogP contribution in [0.15, 0.2) is 29.3 Å². The van der Waals surface area contributed by atoms with Crippen LogP contribution in [-0.4, -0.2) is 19.9 Å². The number of rotatable bonds is 3. The van der Waals surface area contributed by atoms with Gasteiger partial charge in [-0.05, 0) is 28.4 Å². The molecule has 0 aliphatic rings. The van der Waals surface area contributed by atoms with E-state index in [0.717, 1.165) is 0 Å². The van der Waals surface area contributed by atoms with Crippen molar-refractivity contribution in [1.82, 2.24) is 15.0 Å². The van der Waals surface area contributed by atoms with E-state index < -0.39 is 4.92 Å². The van der Waals surface area contributed by atoms with Gasteiger partial charge in [0, 0.05) is 12.3 Å². The van der Waals surface area contributed by atoms with E-state index in [9.17, 15) is 10.1 Å². The van der Waals surface area contributed by atoms with Crippen LogP contribution in [0.2, 0.25) is 0 Å². The minimum absolute atomic E-state index is 0.109. The SMILES string of the molecule is Cc1cnc(Oc2cnc(Br)cn2)c([N+](=O)[O-])c1. The van der Waals surface area contributed by atoms with Gasteiger partial charge in [-0.15, -0.1) is 0 Å². The van der Waals surface area contributed by atoms with Crippen molar-refractivity contribution in [2.45, 2.75) is 6.92 Å². The molecular formula is C10H7BrN4O3. The Kier molecular flexibility index (Phi) is 3.47. The van der Waals surface area contributed by atoms with Crippen LogP contribution in [0.4, 0.5) is 5.69 Å². The van der Waals surface area contributed by atoms with Crippen LogP contribution < -0.4 is 4.74 Å². The number of pyridine rings is 1. The summed E-state index contributed by atoms with van der Waals surface area (Å²) in [4.78, 5) is 22.0. The van der Waals surface area contributed by atoms with E-state index >= 15 is 0 Å². The molecule has 0 saturated carbocycles. The van der Waals surface area contributed by atoms with E-state index in [1.807, 2.05) is 0 Å². The van der Waals surface area contributed by atoms with Crippen molar-refractivity contribution >= 4 is 21.6 Å². The van der Waals surface area contributed by atoms with Crippen molar-refractivity contribution in [2.75, 3.05) is 0 Å². The lowest BCUT2D eigenvalue weighted by Crippen LogP contribution is -1.98. The summed E-state index contributed by atoms with van der Waals surface area (Å²) in [5.74, 6) is 0.0277. The Bertz CT molecular complexity index is 588. The van der Waals surface area contributed by atoms with Gasteiger partial charge in [0.25, 0.3) is 0 Å². The molecule has 0 atom stereocenters. The minimum Gasteiger partial charge on any atom is -0.413 e. The fraction of sp³-hybridized carbons (Fsp3) is 0.100. The molecule has 0 aromatic carbocycles. The average Bonchev–Trinajstić information content (AvgIpc) is 2.34. The van der Waals surface area contributed by atoms with Gasteiger partial charge >= 0.3 is 11.6 Å². The third kappa shape index (κ3) is 2.77. The molecule has 0 radical (unpaired) electrons. The predicted molar refractivity (Wildman–Crippen MR) is 65.4 cm³/mol. The van der Waals surface area contributed by atoms with Crippen molar-refractivity contribution in [3.05, 3.63) is 44.9 Å². The molecule has 8 heteroatoms. The number of aryl methyl sites for hydroxylation is 1. The molecule has 0 spiro atoms. The Morgan fingerprint density at radius 3 is 2.67 bits per heavy atom. The highest BCUT2D eigenvalue weighted by Gasteiger charge is 2.18. The Morgan fingerprint density at radius 1 is 1.28 bits per heavy atom. The monoisotopic (exact) mass is 310 g/mol. The first kappa shape index (κ1) is 12.4. The van der Waals surface area contributed by atoms with Gasteiger partial charge in [-0.25, -0.2) is 15.0 Å². The lowest BCUT2D eigenvalue weighted by Gasteiger charge is -2.04. The molecule has 2 rings (SSSR count). The van der Waals surface area contributed by atoms with Crippen molar-refractivity contribution in [2.24, 2.45) is 0 Å². The summed E-state index contributed by atoms with van der Waals surface area (Å²) in [7, 11) is 0. The number of hydrogen-bond acceptors (Lipinski definition) is 6. The molecule has 2 aromatic heterocycles. The number of nitro groups is 1. The zero-order valence-electron chi connectivity index (χ0n) is 9.20. The molecule has 2 aromatic rings. The van der Waals surface area contributed by atoms with Gasteiger partial charge in [0.05, 0.1) is 17.3 Å². The van der Waals surface area contributed by atoms with Gasteiger partial charge in [0.2, 0.25) is 5.88 Å². The molecule has 0 bridgehead atoms. The summed E-state index contributed by atoms with van der Waals surface area (Å²) in [5.41, 5.74) is 0.468. The standard InChI is InChI=1S/C10H7BrN4O3/c1-6-2-7(15(16)17)10(14-3-6)18-9-5-12-8(11)4-13-9/h2-5H,1H3. The van der Waals surface area contributed by atoms with Crippen molar-refractivity contribution in [3.8, 4) is 11.8 Å². The molecule has 0 amide bonds. The topological polar surface area (TPSA) is 91.0 Å². The fourth-order valence-corrected chi connectivity index (χ4v) is 1.41. The summed E-state index contributed by atoms with van der Waals surface area (Å²) < 4.78 is 5.78. The number of nitrogens with zero attached hydrogens (tertiary/aromatic N) is 4. The van der Waals surface area contributed by atoms with Crippen LogP contribution in [0.1, 0.15) is 5.56 Å². The molecule has 0 fully saturated rings.